The molecule has 0 aliphatic carbocycles. The highest BCUT2D eigenvalue weighted by molar-refractivity contribution is 5.44. The zero-order chi connectivity index (χ0) is 15.6. The zero-order valence-electron chi connectivity index (χ0n) is 12.9. The first-order valence-electron chi connectivity index (χ1n) is 7.04. The predicted octanol–water partition coefficient (Wildman–Crippen LogP) is 4.97. The Bertz CT molecular complexity index is 627. The SMILES string of the molecule is CC(O)c1cc(F)ccc1Oc1ccccc1C(C)(C)C. The number of rotatable bonds is 3. The van der Waals surface area contributed by atoms with Crippen LogP contribution in [0.25, 0.3) is 0 Å². The van der Waals surface area contributed by atoms with Crippen molar-refractivity contribution in [2.45, 2.75) is 39.2 Å². The second kappa shape index (κ2) is 5.86. The van der Waals surface area contributed by atoms with E-state index in [9.17, 15) is 9.50 Å². The summed E-state index contributed by atoms with van der Waals surface area (Å²) in [5.74, 6) is 0.809. The Labute approximate surface area is 125 Å². The summed E-state index contributed by atoms with van der Waals surface area (Å²) in [7, 11) is 0. The highest BCUT2D eigenvalue weighted by atomic mass is 19.1. The minimum Gasteiger partial charge on any atom is -0.457 e. The van der Waals surface area contributed by atoms with Gasteiger partial charge < -0.3 is 9.84 Å². The van der Waals surface area contributed by atoms with E-state index in [1.54, 1.807) is 13.0 Å². The maximum absolute atomic E-state index is 13.3. The van der Waals surface area contributed by atoms with Crippen LogP contribution >= 0.6 is 0 Å². The lowest BCUT2D eigenvalue weighted by Crippen LogP contribution is -2.12. The third-order valence-corrected chi connectivity index (χ3v) is 3.34. The molecule has 0 radical (unpaired) electrons. The van der Waals surface area contributed by atoms with Gasteiger partial charge in [-0.15, -0.1) is 0 Å². The van der Waals surface area contributed by atoms with E-state index in [4.69, 9.17) is 4.74 Å². The Morgan fingerprint density at radius 3 is 2.33 bits per heavy atom. The molecular formula is C18H21FO2. The van der Waals surface area contributed by atoms with Crippen LogP contribution in [0.5, 0.6) is 11.5 Å². The van der Waals surface area contributed by atoms with Crippen LogP contribution in [-0.2, 0) is 5.41 Å². The van der Waals surface area contributed by atoms with Gasteiger partial charge in [0.15, 0.2) is 0 Å². The Morgan fingerprint density at radius 1 is 1.05 bits per heavy atom. The molecule has 1 atom stereocenters. The van der Waals surface area contributed by atoms with Crippen molar-refractivity contribution in [2.24, 2.45) is 0 Å². The molecule has 0 aromatic heterocycles. The number of hydrogen-bond donors (Lipinski definition) is 1. The lowest BCUT2D eigenvalue weighted by Gasteiger charge is -2.23. The Hall–Kier alpha value is -1.87. The van der Waals surface area contributed by atoms with Crippen LogP contribution in [0.4, 0.5) is 4.39 Å². The molecule has 0 spiro atoms. The number of aliphatic hydroxyl groups is 1. The lowest BCUT2D eigenvalue weighted by molar-refractivity contribution is 0.195. The van der Waals surface area contributed by atoms with Crippen molar-refractivity contribution in [3.05, 3.63) is 59.4 Å². The summed E-state index contributed by atoms with van der Waals surface area (Å²) in [6.07, 6.45) is -0.794. The first kappa shape index (κ1) is 15.5. The fourth-order valence-electron chi connectivity index (χ4n) is 2.23. The summed E-state index contributed by atoms with van der Waals surface area (Å²) in [5.41, 5.74) is 1.44. The Balaban J connectivity index is 2.44. The molecule has 0 aliphatic heterocycles. The smallest absolute Gasteiger partial charge is 0.133 e. The number of aliphatic hydroxyl groups excluding tert-OH is 1. The molecule has 2 rings (SSSR count). The van der Waals surface area contributed by atoms with E-state index in [-0.39, 0.29) is 11.2 Å². The molecule has 0 amide bonds. The van der Waals surface area contributed by atoms with Gasteiger partial charge in [0, 0.05) is 11.1 Å². The molecule has 3 heteroatoms. The molecule has 21 heavy (non-hydrogen) atoms. The van der Waals surface area contributed by atoms with Gasteiger partial charge in [-0.05, 0) is 36.6 Å². The molecule has 2 nitrogen and oxygen atoms in total. The highest BCUT2D eigenvalue weighted by Gasteiger charge is 2.20. The quantitative estimate of drug-likeness (QED) is 0.864. The molecule has 0 fully saturated rings. The van der Waals surface area contributed by atoms with Gasteiger partial charge in [-0.2, -0.15) is 0 Å². The van der Waals surface area contributed by atoms with Crippen molar-refractivity contribution < 1.29 is 14.2 Å². The molecule has 0 aliphatic rings. The van der Waals surface area contributed by atoms with Crippen LogP contribution in [0, 0.1) is 5.82 Å². The summed E-state index contributed by atoms with van der Waals surface area (Å²) >= 11 is 0. The average molecular weight is 288 g/mol. The topological polar surface area (TPSA) is 29.5 Å². The standard InChI is InChI=1S/C18H21FO2/c1-12(20)14-11-13(19)9-10-16(14)21-17-8-6-5-7-15(17)18(2,3)4/h5-12,20H,1-4H3. The van der Waals surface area contributed by atoms with E-state index in [0.29, 0.717) is 11.3 Å². The molecule has 2 aromatic rings. The van der Waals surface area contributed by atoms with E-state index in [2.05, 4.69) is 20.8 Å². The summed E-state index contributed by atoms with van der Waals surface area (Å²) in [5, 5.41) is 9.79. The van der Waals surface area contributed by atoms with Crippen molar-refractivity contribution >= 4 is 0 Å². The summed E-state index contributed by atoms with van der Waals surface area (Å²) in [6.45, 7) is 7.91. The second-order valence-corrected chi connectivity index (χ2v) is 6.21. The normalized spacial score (nSPS) is 13.0. The monoisotopic (exact) mass is 288 g/mol. The van der Waals surface area contributed by atoms with Gasteiger partial charge in [-0.3, -0.25) is 0 Å². The molecule has 0 heterocycles. The predicted molar refractivity (Wildman–Crippen MR) is 82.2 cm³/mol. The fourth-order valence-corrected chi connectivity index (χ4v) is 2.23. The highest BCUT2D eigenvalue weighted by Crippen LogP contribution is 2.36. The Kier molecular flexibility index (Phi) is 4.33. The van der Waals surface area contributed by atoms with E-state index in [0.717, 1.165) is 11.3 Å². The molecule has 0 saturated heterocycles. The summed E-state index contributed by atoms with van der Waals surface area (Å²) in [4.78, 5) is 0. The van der Waals surface area contributed by atoms with Crippen LogP contribution in [0.2, 0.25) is 0 Å². The van der Waals surface area contributed by atoms with Gasteiger partial charge in [0.2, 0.25) is 0 Å². The molecule has 0 saturated carbocycles. The third-order valence-electron chi connectivity index (χ3n) is 3.34. The number of hydrogen-bond acceptors (Lipinski definition) is 2. The first-order chi connectivity index (χ1) is 9.79. The molecule has 1 unspecified atom stereocenters. The van der Waals surface area contributed by atoms with Crippen LogP contribution in [0.3, 0.4) is 0 Å². The average Bonchev–Trinajstić information content (AvgIpc) is 2.40. The van der Waals surface area contributed by atoms with Gasteiger partial charge >= 0.3 is 0 Å². The summed E-state index contributed by atoms with van der Waals surface area (Å²) in [6, 6.07) is 12.0. The van der Waals surface area contributed by atoms with Crippen molar-refractivity contribution in [1.82, 2.24) is 0 Å². The zero-order valence-corrected chi connectivity index (χ0v) is 12.9. The van der Waals surface area contributed by atoms with Crippen LogP contribution in [-0.4, -0.2) is 5.11 Å². The molecule has 112 valence electrons. The van der Waals surface area contributed by atoms with Crippen molar-refractivity contribution in [1.29, 1.82) is 0 Å². The Morgan fingerprint density at radius 2 is 1.71 bits per heavy atom. The van der Waals surface area contributed by atoms with E-state index >= 15 is 0 Å². The van der Waals surface area contributed by atoms with Crippen molar-refractivity contribution in [2.75, 3.05) is 0 Å². The largest absolute Gasteiger partial charge is 0.457 e. The third kappa shape index (κ3) is 3.61. The lowest BCUT2D eigenvalue weighted by atomic mass is 9.86. The van der Waals surface area contributed by atoms with Gasteiger partial charge in [0.25, 0.3) is 0 Å². The number of halogens is 1. The molecule has 0 bridgehead atoms. The summed E-state index contributed by atoms with van der Waals surface area (Å²) < 4.78 is 19.3. The van der Waals surface area contributed by atoms with Gasteiger partial charge in [0.1, 0.15) is 17.3 Å². The maximum atomic E-state index is 13.3. The second-order valence-electron chi connectivity index (χ2n) is 6.21. The fraction of sp³-hybridized carbons (Fsp3) is 0.333. The van der Waals surface area contributed by atoms with Crippen molar-refractivity contribution in [3.63, 3.8) is 0 Å². The van der Waals surface area contributed by atoms with Gasteiger partial charge in [0.05, 0.1) is 6.10 Å². The maximum Gasteiger partial charge on any atom is 0.133 e. The molecule has 1 N–H and O–H groups in total. The van der Waals surface area contributed by atoms with E-state index in [1.165, 1.54) is 12.1 Å². The van der Waals surface area contributed by atoms with Gasteiger partial charge in [-0.25, -0.2) is 4.39 Å². The molecular weight excluding hydrogens is 267 g/mol. The van der Waals surface area contributed by atoms with E-state index < -0.39 is 6.10 Å². The van der Waals surface area contributed by atoms with Gasteiger partial charge in [-0.1, -0.05) is 39.0 Å². The van der Waals surface area contributed by atoms with Crippen molar-refractivity contribution in [3.8, 4) is 11.5 Å². The first-order valence-corrected chi connectivity index (χ1v) is 7.04. The van der Waals surface area contributed by atoms with Crippen LogP contribution in [0.1, 0.15) is 44.9 Å². The van der Waals surface area contributed by atoms with Crippen LogP contribution < -0.4 is 4.74 Å². The minimum absolute atomic E-state index is 0.0678. The number of ether oxygens (including phenoxy) is 1. The van der Waals surface area contributed by atoms with E-state index in [1.807, 2.05) is 24.3 Å². The number of benzene rings is 2. The minimum atomic E-state index is -0.794. The van der Waals surface area contributed by atoms with Crippen LogP contribution in [0.15, 0.2) is 42.5 Å². The molecule has 2 aromatic carbocycles. The number of para-hydroxylation sites is 1.